The van der Waals surface area contributed by atoms with Crippen LogP contribution in [0.3, 0.4) is 0 Å². The number of amides is 1. The summed E-state index contributed by atoms with van der Waals surface area (Å²) in [6.45, 7) is 0.436. The number of hydrogen-bond acceptors (Lipinski definition) is 5. The molecule has 0 aromatic heterocycles. The molecule has 0 bridgehead atoms. The lowest BCUT2D eigenvalue weighted by Gasteiger charge is -2.20. The Morgan fingerprint density at radius 2 is 1.61 bits per heavy atom. The molecule has 0 N–H and O–H groups in total. The molecule has 0 atom stereocenters. The van der Waals surface area contributed by atoms with Crippen molar-refractivity contribution >= 4 is 15.7 Å². The van der Waals surface area contributed by atoms with Gasteiger partial charge in [0.2, 0.25) is 5.91 Å². The number of rotatable bonds is 9. The highest BCUT2D eigenvalue weighted by Crippen LogP contribution is 2.08. The molecule has 0 aliphatic rings. The quantitative estimate of drug-likeness (QED) is 0.683. The fourth-order valence-electron chi connectivity index (χ4n) is 2.03. The summed E-state index contributed by atoms with van der Waals surface area (Å²) in [6.07, 6.45) is 0.188. The van der Waals surface area contributed by atoms with Gasteiger partial charge in [-0.25, -0.2) is 8.42 Å². The molecular formula is C16H19N3O3S. The number of sulfone groups is 1. The van der Waals surface area contributed by atoms with Gasteiger partial charge in [0, 0.05) is 19.5 Å². The summed E-state index contributed by atoms with van der Waals surface area (Å²) < 4.78 is 24.2. The van der Waals surface area contributed by atoms with Crippen molar-refractivity contribution in [1.29, 1.82) is 10.5 Å². The van der Waals surface area contributed by atoms with Crippen molar-refractivity contribution in [2.24, 2.45) is 0 Å². The van der Waals surface area contributed by atoms with Gasteiger partial charge in [-0.05, 0) is 5.56 Å². The monoisotopic (exact) mass is 333 g/mol. The van der Waals surface area contributed by atoms with E-state index < -0.39 is 9.84 Å². The topological polar surface area (TPSA) is 102 Å². The highest BCUT2D eigenvalue weighted by atomic mass is 32.2. The van der Waals surface area contributed by atoms with Gasteiger partial charge < -0.3 is 4.90 Å². The summed E-state index contributed by atoms with van der Waals surface area (Å²) in [5.74, 6) is -0.680. The summed E-state index contributed by atoms with van der Waals surface area (Å²) in [6, 6.07) is 12.7. The van der Waals surface area contributed by atoms with Crippen LogP contribution in [0.1, 0.15) is 24.8 Å². The van der Waals surface area contributed by atoms with E-state index in [-0.39, 0.29) is 49.8 Å². The van der Waals surface area contributed by atoms with Crippen molar-refractivity contribution in [1.82, 2.24) is 4.90 Å². The van der Waals surface area contributed by atoms with E-state index in [9.17, 15) is 13.2 Å². The van der Waals surface area contributed by atoms with E-state index in [1.807, 2.05) is 18.2 Å². The van der Waals surface area contributed by atoms with Gasteiger partial charge in [-0.1, -0.05) is 30.3 Å². The summed E-state index contributed by atoms with van der Waals surface area (Å²) in [7, 11) is -3.38. The standard InChI is InChI=1S/C16H19N3O3S/c17-9-4-11-19(12-5-10-18)16(20)8-13-23(21,22)14-15-6-2-1-3-7-15/h1-3,6-7H,4-5,8,11-14H2. The average molecular weight is 333 g/mol. The molecule has 122 valence electrons. The predicted octanol–water partition coefficient (Wildman–Crippen LogP) is 1.65. The molecule has 0 spiro atoms. The summed E-state index contributed by atoms with van der Waals surface area (Å²) in [4.78, 5) is 13.5. The fraction of sp³-hybridized carbons (Fsp3) is 0.438. The first kappa shape index (κ1) is 18.7. The normalized spacial score (nSPS) is 10.5. The Morgan fingerprint density at radius 1 is 1.04 bits per heavy atom. The molecule has 0 fully saturated rings. The van der Waals surface area contributed by atoms with Gasteiger partial charge in [-0.15, -0.1) is 0 Å². The summed E-state index contributed by atoms with van der Waals surface area (Å²) >= 11 is 0. The number of benzene rings is 1. The Morgan fingerprint density at radius 3 is 2.13 bits per heavy atom. The van der Waals surface area contributed by atoms with Crippen LogP contribution < -0.4 is 0 Å². The van der Waals surface area contributed by atoms with E-state index in [0.29, 0.717) is 5.56 Å². The van der Waals surface area contributed by atoms with Crippen LogP contribution in [0.5, 0.6) is 0 Å². The number of hydrogen-bond donors (Lipinski definition) is 0. The van der Waals surface area contributed by atoms with Crippen molar-refractivity contribution in [2.75, 3.05) is 18.8 Å². The van der Waals surface area contributed by atoms with Gasteiger partial charge in [0.15, 0.2) is 9.84 Å². The van der Waals surface area contributed by atoms with E-state index in [0.717, 1.165) is 0 Å². The van der Waals surface area contributed by atoms with Gasteiger partial charge >= 0.3 is 0 Å². The highest BCUT2D eigenvalue weighted by molar-refractivity contribution is 7.90. The van der Waals surface area contributed by atoms with Crippen molar-refractivity contribution in [3.05, 3.63) is 35.9 Å². The molecule has 0 heterocycles. The maximum atomic E-state index is 12.1. The van der Waals surface area contributed by atoms with Crippen molar-refractivity contribution in [2.45, 2.75) is 25.0 Å². The van der Waals surface area contributed by atoms with Crippen LogP contribution in [0, 0.1) is 22.7 Å². The first-order valence-corrected chi connectivity index (χ1v) is 9.06. The van der Waals surface area contributed by atoms with E-state index in [4.69, 9.17) is 10.5 Å². The highest BCUT2D eigenvalue weighted by Gasteiger charge is 2.18. The second-order valence-corrected chi connectivity index (χ2v) is 7.21. The zero-order valence-corrected chi connectivity index (χ0v) is 13.6. The van der Waals surface area contributed by atoms with Crippen LogP contribution in [0.25, 0.3) is 0 Å². The minimum atomic E-state index is -3.38. The van der Waals surface area contributed by atoms with Crippen LogP contribution >= 0.6 is 0 Å². The Balaban J connectivity index is 2.57. The first-order chi connectivity index (χ1) is 11.0. The minimum Gasteiger partial charge on any atom is -0.341 e. The van der Waals surface area contributed by atoms with Gasteiger partial charge in [0.05, 0.1) is 36.5 Å². The Kier molecular flexibility index (Phi) is 7.79. The summed E-state index contributed by atoms with van der Waals surface area (Å²) in [5, 5.41) is 17.2. The lowest BCUT2D eigenvalue weighted by Crippen LogP contribution is -2.34. The number of nitrogens with zero attached hydrogens (tertiary/aromatic N) is 3. The summed E-state index contributed by atoms with van der Waals surface area (Å²) in [5.41, 5.74) is 0.686. The minimum absolute atomic E-state index is 0.0997. The van der Waals surface area contributed by atoms with Crippen molar-refractivity contribution in [3.8, 4) is 12.1 Å². The number of nitriles is 2. The second kappa shape index (κ2) is 9.60. The van der Waals surface area contributed by atoms with Gasteiger partial charge in [0.25, 0.3) is 0 Å². The van der Waals surface area contributed by atoms with E-state index in [1.54, 1.807) is 24.3 Å². The van der Waals surface area contributed by atoms with E-state index >= 15 is 0 Å². The Hall–Kier alpha value is -2.38. The van der Waals surface area contributed by atoms with Gasteiger partial charge in [-0.3, -0.25) is 4.79 Å². The van der Waals surface area contributed by atoms with Crippen LogP contribution in [0.15, 0.2) is 30.3 Å². The maximum absolute atomic E-state index is 12.1. The molecule has 0 unspecified atom stereocenters. The molecule has 0 saturated heterocycles. The van der Waals surface area contributed by atoms with Crippen molar-refractivity contribution in [3.63, 3.8) is 0 Å². The third-order valence-corrected chi connectivity index (χ3v) is 4.80. The fourth-order valence-corrected chi connectivity index (χ4v) is 3.36. The molecule has 0 radical (unpaired) electrons. The van der Waals surface area contributed by atoms with Crippen LogP contribution in [-0.4, -0.2) is 38.1 Å². The average Bonchev–Trinajstić information content (AvgIpc) is 2.53. The molecule has 6 nitrogen and oxygen atoms in total. The molecular weight excluding hydrogens is 314 g/mol. The molecule has 7 heteroatoms. The molecule has 0 aliphatic heterocycles. The second-order valence-electron chi connectivity index (χ2n) is 5.02. The van der Waals surface area contributed by atoms with Crippen LogP contribution in [-0.2, 0) is 20.4 Å². The number of carbonyl (C=O) groups is 1. The number of carbonyl (C=O) groups excluding carboxylic acids is 1. The molecule has 23 heavy (non-hydrogen) atoms. The Labute approximate surface area is 136 Å². The van der Waals surface area contributed by atoms with E-state index in [1.165, 1.54) is 4.90 Å². The zero-order valence-electron chi connectivity index (χ0n) is 12.8. The molecule has 1 amide bonds. The SMILES string of the molecule is N#CCCN(CCC#N)C(=O)CCS(=O)(=O)Cc1ccccc1. The Bertz CT molecular complexity index is 670. The van der Waals surface area contributed by atoms with Gasteiger partial charge in [-0.2, -0.15) is 10.5 Å². The van der Waals surface area contributed by atoms with Crippen LogP contribution in [0.2, 0.25) is 0 Å². The molecule has 0 saturated carbocycles. The third-order valence-electron chi connectivity index (χ3n) is 3.20. The van der Waals surface area contributed by atoms with Crippen molar-refractivity contribution < 1.29 is 13.2 Å². The smallest absolute Gasteiger partial charge is 0.223 e. The molecule has 1 rings (SSSR count). The van der Waals surface area contributed by atoms with Crippen LogP contribution in [0.4, 0.5) is 0 Å². The third kappa shape index (κ3) is 7.44. The predicted molar refractivity (Wildman–Crippen MR) is 85.6 cm³/mol. The zero-order chi connectivity index (χ0) is 17.1. The first-order valence-electron chi connectivity index (χ1n) is 7.24. The largest absolute Gasteiger partial charge is 0.341 e. The molecule has 0 aliphatic carbocycles. The van der Waals surface area contributed by atoms with E-state index in [2.05, 4.69) is 0 Å². The lowest BCUT2D eigenvalue weighted by atomic mass is 10.2. The maximum Gasteiger partial charge on any atom is 0.223 e. The molecule has 1 aromatic rings. The lowest BCUT2D eigenvalue weighted by molar-refractivity contribution is -0.130. The van der Waals surface area contributed by atoms with Gasteiger partial charge in [0.1, 0.15) is 0 Å². The molecule has 1 aromatic carbocycles.